The lowest BCUT2D eigenvalue weighted by Crippen LogP contribution is -2.35. The molecule has 0 radical (unpaired) electrons. The van der Waals surface area contributed by atoms with Crippen molar-refractivity contribution in [2.24, 2.45) is 0 Å². The van der Waals surface area contributed by atoms with E-state index in [4.69, 9.17) is 0 Å². The second kappa shape index (κ2) is 9.25. The maximum atomic E-state index is 4.67. The zero-order chi connectivity index (χ0) is 16.6. The largest absolute Gasteiger partial charge is 0.311 e. The topological polar surface area (TPSA) is 41.0 Å². The summed E-state index contributed by atoms with van der Waals surface area (Å²) in [6, 6.07) is 6.77. The molecule has 130 valence electrons. The van der Waals surface area contributed by atoms with Gasteiger partial charge in [0.1, 0.15) is 5.01 Å². The summed E-state index contributed by atoms with van der Waals surface area (Å²) in [7, 11) is 2.29. The Morgan fingerprint density at radius 3 is 2.92 bits per heavy atom. The first-order valence-electron chi connectivity index (χ1n) is 9.09. The molecular formula is C19H28N4S. The van der Waals surface area contributed by atoms with Gasteiger partial charge in [0, 0.05) is 24.2 Å². The van der Waals surface area contributed by atoms with Crippen LogP contribution in [0.15, 0.2) is 29.8 Å². The lowest BCUT2D eigenvalue weighted by Gasteiger charge is -2.31. The summed E-state index contributed by atoms with van der Waals surface area (Å²) < 4.78 is 0. The average Bonchev–Trinajstić information content (AvgIpc) is 3.12. The Bertz CT molecular complexity index is 592. The molecule has 1 aliphatic rings. The fraction of sp³-hybridized carbons (Fsp3) is 0.579. The van der Waals surface area contributed by atoms with Crippen LogP contribution in [0.5, 0.6) is 0 Å². The van der Waals surface area contributed by atoms with Crippen LogP contribution >= 0.6 is 11.3 Å². The zero-order valence-electron chi connectivity index (χ0n) is 14.6. The van der Waals surface area contributed by atoms with E-state index in [1.807, 2.05) is 24.4 Å². The fourth-order valence-corrected chi connectivity index (χ4v) is 4.16. The quantitative estimate of drug-likeness (QED) is 0.736. The maximum absolute atomic E-state index is 4.67. The molecule has 0 bridgehead atoms. The summed E-state index contributed by atoms with van der Waals surface area (Å²) >= 11 is 1.67. The highest BCUT2D eigenvalue weighted by Crippen LogP contribution is 2.22. The van der Waals surface area contributed by atoms with E-state index in [1.54, 1.807) is 11.3 Å². The van der Waals surface area contributed by atoms with Crippen molar-refractivity contribution < 1.29 is 0 Å². The Kier molecular flexibility index (Phi) is 6.75. The summed E-state index contributed by atoms with van der Waals surface area (Å²) in [5, 5.41) is 6.66. The highest BCUT2D eigenvalue weighted by atomic mass is 32.1. The third-order valence-corrected chi connectivity index (χ3v) is 5.72. The minimum atomic E-state index is 0.818. The maximum Gasteiger partial charge on any atom is 0.142 e. The molecule has 0 aliphatic heterocycles. The van der Waals surface area contributed by atoms with E-state index in [-0.39, 0.29) is 0 Å². The van der Waals surface area contributed by atoms with Crippen LogP contribution in [-0.4, -0.2) is 41.0 Å². The van der Waals surface area contributed by atoms with Crippen LogP contribution in [0.3, 0.4) is 0 Å². The van der Waals surface area contributed by atoms with E-state index in [2.05, 4.69) is 32.6 Å². The zero-order valence-corrected chi connectivity index (χ0v) is 15.4. The van der Waals surface area contributed by atoms with Crippen molar-refractivity contribution in [3.8, 4) is 10.7 Å². The number of hydrogen-bond donors (Lipinski definition) is 1. The highest BCUT2D eigenvalue weighted by molar-refractivity contribution is 7.13. The van der Waals surface area contributed by atoms with E-state index in [1.165, 1.54) is 45.1 Å². The number of pyridine rings is 1. The Morgan fingerprint density at radius 1 is 1.25 bits per heavy atom. The average molecular weight is 345 g/mol. The molecule has 0 unspecified atom stereocenters. The number of nitrogens with zero attached hydrogens (tertiary/aromatic N) is 3. The van der Waals surface area contributed by atoms with Gasteiger partial charge in [0.2, 0.25) is 0 Å². The van der Waals surface area contributed by atoms with Crippen molar-refractivity contribution >= 4 is 11.3 Å². The van der Waals surface area contributed by atoms with E-state index in [9.17, 15) is 0 Å². The number of hydrogen-bond acceptors (Lipinski definition) is 5. The summed E-state index contributed by atoms with van der Waals surface area (Å²) in [5.41, 5.74) is 2.07. The van der Waals surface area contributed by atoms with Gasteiger partial charge < -0.3 is 10.2 Å². The van der Waals surface area contributed by atoms with Crippen molar-refractivity contribution in [1.82, 2.24) is 20.2 Å². The van der Waals surface area contributed by atoms with Crippen molar-refractivity contribution in [3.63, 3.8) is 0 Å². The van der Waals surface area contributed by atoms with Gasteiger partial charge in [-0.25, -0.2) is 4.98 Å². The first-order valence-corrected chi connectivity index (χ1v) is 9.97. The lowest BCUT2D eigenvalue weighted by atomic mass is 9.94. The molecule has 0 amide bonds. The summed E-state index contributed by atoms with van der Waals surface area (Å²) in [4.78, 5) is 11.6. The SMILES string of the molecule is CN(CCCNCc1csc(-c2ccccn2)n1)C1CCCCC1. The Labute approximate surface area is 149 Å². The lowest BCUT2D eigenvalue weighted by molar-refractivity contribution is 0.189. The molecule has 3 rings (SSSR count). The normalized spacial score (nSPS) is 15.9. The van der Waals surface area contributed by atoms with Crippen LogP contribution in [0.2, 0.25) is 0 Å². The standard InChI is InChI=1S/C19H28N4S/c1-23(17-8-3-2-4-9-17)13-7-11-20-14-16-15-24-19(22-16)18-10-5-6-12-21-18/h5-6,10,12,15,17,20H,2-4,7-9,11,13-14H2,1H3. The molecule has 2 heterocycles. The van der Waals surface area contributed by atoms with E-state index >= 15 is 0 Å². The van der Waals surface area contributed by atoms with Crippen molar-refractivity contribution in [2.75, 3.05) is 20.1 Å². The number of nitrogens with one attached hydrogen (secondary N) is 1. The molecule has 1 N–H and O–H groups in total. The van der Waals surface area contributed by atoms with Gasteiger partial charge in [0.05, 0.1) is 11.4 Å². The Morgan fingerprint density at radius 2 is 2.12 bits per heavy atom. The second-order valence-corrected chi connectivity index (χ2v) is 7.52. The minimum absolute atomic E-state index is 0.818. The Balaban J connectivity index is 1.34. The molecule has 2 aromatic heterocycles. The molecule has 2 aromatic rings. The summed E-state index contributed by atoms with van der Waals surface area (Å²) in [6.07, 6.45) is 10.0. The smallest absolute Gasteiger partial charge is 0.142 e. The van der Waals surface area contributed by atoms with Crippen LogP contribution in [0.25, 0.3) is 10.7 Å². The molecule has 1 fully saturated rings. The molecule has 0 atom stereocenters. The number of rotatable bonds is 8. The van der Waals surface area contributed by atoms with Crippen molar-refractivity contribution in [3.05, 3.63) is 35.5 Å². The van der Waals surface area contributed by atoms with Gasteiger partial charge in [-0.1, -0.05) is 25.3 Å². The van der Waals surface area contributed by atoms with Gasteiger partial charge in [-0.3, -0.25) is 4.98 Å². The summed E-state index contributed by atoms with van der Waals surface area (Å²) in [5.74, 6) is 0. The van der Waals surface area contributed by atoms with Gasteiger partial charge in [-0.15, -0.1) is 11.3 Å². The first-order chi connectivity index (χ1) is 11.8. The first kappa shape index (κ1) is 17.5. The monoisotopic (exact) mass is 344 g/mol. The molecule has 1 aliphatic carbocycles. The van der Waals surface area contributed by atoms with Gasteiger partial charge in [0.15, 0.2) is 0 Å². The summed E-state index contributed by atoms with van der Waals surface area (Å²) in [6.45, 7) is 3.08. The van der Waals surface area contributed by atoms with E-state index in [0.29, 0.717) is 0 Å². The highest BCUT2D eigenvalue weighted by Gasteiger charge is 2.17. The van der Waals surface area contributed by atoms with Gasteiger partial charge in [-0.05, 0) is 51.5 Å². The van der Waals surface area contributed by atoms with Crippen molar-refractivity contribution in [2.45, 2.75) is 51.1 Å². The van der Waals surface area contributed by atoms with Gasteiger partial charge >= 0.3 is 0 Å². The molecule has 5 heteroatoms. The predicted octanol–water partition coefficient (Wildman–Crippen LogP) is 3.95. The van der Waals surface area contributed by atoms with Crippen LogP contribution in [0.1, 0.15) is 44.2 Å². The molecule has 0 saturated heterocycles. The van der Waals surface area contributed by atoms with Gasteiger partial charge in [0.25, 0.3) is 0 Å². The number of aromatic nitrogens is 2. The van der Waals surface area contributed by atoms with Crippen LogP contribution < -0.4 is 5.32 Å². The van der Waals surface area contributed by atoms with Crippen LogP contribution in [0.4, 0.5) is 0 Å². The molecule has 0 aromatic carbocycles. The van der Waals surface area contributed by atoms with Crippen LogP contribution in [-0.2, 0) is 6.54 Å². The Hall–Kier alpha value is -1.30. The molecule has 1 saturated carbocycles. The predicted molar refractivity (Wildman–Crippen MR) is 101 cm³/mol. The third kappa shape index (κ3) is 5.10. The van der Waals surface area contributed by atoms with Gasteiger partial charge in [-0.2, -0.15) is 0 Å². The van der Waals surface area contributed by atoms with E-state index in [0.717, 1.165) is 35.5 Å². The van der Waals surface area contributed by atoms with Crippen molar-refractivity contribution in [1.29, 1.82) is 0 Å². The van der Waals surface area contributed by atoms with E-state index < -0.39 is 0 Å². The molecular weight excluding hydrogens is 316 g/mol. The molecule has 4 nitrogen and oxygen atoms in total. The number of thiazole rings is 1. The second-order valence-electron chi connectivity index (χ2n) is 6.66. The van der Waals surface area contributed by atoms with Crippen LogP contribution in [0, 0.1) is 0 Å². The molecule has 0 spiro atoms. The minimum Gasteiger partial charge on any atom is -0.311 e. The fourth-order valence-electron chi connectivity index (χ4n) is 3.37. The third-order valence-electron chi connectivity index (χ3n) is 4.80. The molecule has 24 heavy (non-hydrogen) atoms.